The molecule has 0 aliphatic carbocycles. The second-order valence-corrected chi connectivity index (χ2v) is 7.66. The molecule has 0 unspecified atom stereocenters. The first kappa shape index (κ1) is 17.4. The van der Waals surface area contributed by atoms with Gasteiger partial charge in [0.05, 0.1) is 22.8 Å². The first-order chi connectivity index (χ1) is 12.9. The van der Waals surface area contributed by atoms with Crippen LogP contribution in [0.1, 0.15) is 27.0 Å². The Morgan fingerprint density at radius 3 is 2.70 bits per heavy atom. The summed E-state index contributed by atoms with van der Waals surface area (Å²) in [5.41, 5.74) is 2.95. The fourth-order valence-corrected chi connectivity index (χ4v) is 3.62. The van der Waals surface area contributed by atoms with Gasteiger partial charge in [0.25, 0.3) is 5.91 Å². The Balaban J connectivity index is 1.79. The van der Waals surface area contributed by atoms with Crippen molar-refractivity contribution in [3.8, 4) is 11.5 Å². The molecule has 0 saturated heterocycles. The zero-order valence-electron chi connectivity index (χ0n) is 15.7. The molecule has 0 radical (unpaired) electrons. The second-order valence-electron chi connectivity index (χ2n) is 6.60. The van der Waals surface area contributed by atoms with Gasteiger partial charge in [-0.05, 0) is 26.0 Å². The van der Waals surface area contributed by atoms with Crippen molar-refractivity contribution in [2.45, 2.75) is 20.4 Å². The molecule has 0 N–H and O–H groups in total. The van der Waals surface area contributed by atoms with Crippen molar-refractivity contribution in [3.05, 3.63) is 58.2 Å². The highest BCUT2D eigenvalue weighted by atomic mass is 32.1. The van der Waals surface area contributed by atoms with Crippen molar-refractivity contribution in [2.24, 2.45) is 0 Å². The number of aromatic nitrogens is 5. The lowest BCUT2D eigenvalue weighted by Crippen LogP contribution is -2.22. The minimum atomic E-state index is -0.126. The highest BCUT2D eigenvalue weighted by Gasteiger charge is 2.21. The summed E-state index contributed by atoms with van der Waals surface area (Å²) in [6.45, 7) is 4.63. The molecule has 0 aliphatic heterocycles. The summed E-state index contributed by atoms with van der Waals surface area (Å²) in [5.74, 6) is 1.41. The summed E-state index contributed by atoms with van der Waals surface area (Å²) in [6.07, 6.45) is 3.87. The third-order valence-electron chi connectivity index (χ3n) is 4.36. The average Bonchev–Trinajstić information content (AvgIpc) is 3.32. The summed E-state index contributed by atoms with van der Waals surface area (Å²) >= 11 is 1.64. The number of carbonyl (C=O) groups is 1. The van der Waals surface area contributed by atoms with Gasteiger partial charge in [0.1, 0.15) is 11.5 Å². The van der Waals surface area contributed by atoms with Gasteiger partial charge < -0.3 is 9.47 Å². The predicted octanol–water partition coefficient (Wildman–Crippen LogP) is 3.02. The Labute approximate surface area is 160 Å². The number of nitrogens with zero attached hydrogens (tertiary/aromatic N) is 6. The predicted molar refractivity (Wildman–Crippen MR) is 105 cm³/mol. The normalized spacial score (nSPS) is 11.3. The fourth-order valence-electron chi connectivity index (χ4n) is 3.02. The van der Waals surface area contributed by atoms with E-state index in [0.717, 1.165) is 27.7 Å². The van der Waals surface area contributed by atoms with Crippen molar-refractivity contribution < 1.29 is 4.79 Å². The van der Waals surface area contributed by atoms with Crippen LogP contribution in [0.3, 0.4) is 0 Å². The lowest BCUT2D eigenvalue weighted by Gasteiger charge is -2.07. The van der Waals surface area contributed by atoms with Gasteiger partial charge in [-0.25, -0.2) is 15.0 Å². The molecule has 0 aliphatic rings. The van der Waals surface area contributed by atoms with Crippen molar-refractivity contribution in [1.82, 2.24) is 28.8 Å². The van der Waals surface area contributed by atoms with Crippen LogP contribution in [0.2, 0.25) is 0 Å². The number of hydrogen-bond donors (Lipinski definition) is 0. The molecule has 4 aromatic rings. The SMILES string of the molecule is Cc1nc(Cn2cc(-c3nc(C(=O)N(C)C)c4ccccn34)nc2C)cs1. The summed E-state index contributed by atoms with van der Waals surface area (Å²) < 4.78 is 3.97. The molecule has 138 valence electrons. The minimum absolute atomic E-state index is 0.126. The molecule has 4 rings (SSSR count). The van der Waals surface area contributed by atoms with Crippen LogP contribution in [0.5, 0.6) is 0 Å². The number of amides is 1. The molecule has 7 nitrogen and oxygen atoms in total. The third kappa shape index (κ3) is 3.12. The maximum atomic E-state index is 12.5. The van der Waals surface area contributed by atoms with Crippen molar-refractivity contribution in [3.63, 3.8) is 0 Å². The summed E-state index contributed by atoms with van der Waals surface area (Å²) in [4.78, 5) is 27.9. The number of carbonyl (C=O) groups excluding carboxylic acids is 1. The number of hydrogen-bond acceptors (Lipinski definition) is 5. The van der Waals surface area contributed by atoms with Crippen molar-refractivity contribution in [2.75, 3.05) is 14.1 Å². The van der Waals surface area contributed by atoms with E-state index in [9.17, 15) is 4.79 Å². The van der Waals surface area contributed by atoms with E-state index in [1.165, 1.54) is 4.90 Å². The first-order valence-corrected chi connectivity index (χ1v) is 9.46. The van der Waals surface area contributed by atoms with E-state index in [4.69, 9.17) is 0 Å². The standard InChI is InChI=1S/C19H20N6OS/c1-12-20-15(10-24(12)9-14-11-27-13(2)21-14)18-22-17(19(26)23(3)4)16-7-5-6-8-25(16)18/h5-8,10-11H,9H2,1-4H3. The van der Waals surface area contributed by atoms with Gasteiger partial charge in [0.2, 0.25) is 0 Å². The van der Waals surface area contributed by atoms with Crippen LogP contribution in [-0.4, -0.2) is 48.8 Å². The van der Waals surface area contributed by atoms with Gasteiger partial charge in [0, 0.05) is 31.9 Å². The Kier molecular flexibility index (Phi) is 4.27. The van der Waals surface area contributed by atoms with E-state index in [2.05, 4.69) is 24.9 Å². The molecular weight excluding hydrogens is 360 g/mol. The van der Waals surface area contributed by atoms with Crippen LogP contribution in [0.25, 0.3) is 17.0 Å². The van der Waals surface area contributed by atoms with Gasteiger partial charge in [-0.15, -0.1) is 11.3 Å². The van der Waals surface area contributed by atoms with Crippen LogP contribution in [0.15, 0.2) is 36.0 Å². The van der Waals surface area contributed by atoms with E-state index < -0.39 is 0 Å². The highest BCUT2D eigenvalue weighted by Crippen LogP contribution is 2.23. The Hall–Kier alpha value is -3.00. The van der Waals surface area contributed by atoms with Crippen LogP contribution in [-0.2, 0) is 6.54 Å². The largest absolute Gasteiger partial charge is 0.343 e. The molecule has 0 aromatic carbocycles. The zero-order valence-corrected chi connectivity index (χ0v) is 16.5. The zero-order chi connectivity index (χ0) is 19.1. The molecule has 4 aromatic heterocycles. The molecule has 0 saturated carbocycles. The van der Waals surface area contributed by atoms with Gasteiger partial charge in [-0.3, -0.25) is 9.20 Å². The molecule has 27 heavy (non-hydrogen) atoms. The number of imidazole rings is 2. The molecule has 0 atom stereocenters. The molecule has 0 spiro atoms. The third-order valence-corrected chi connectivity index (χ3v) is 5.18. The topological polar surface area (TPSA) is 68.3 Å². The number of fused-ring (bicyclic) bond motifs is 1. The summed E-state index contributed by atoms with van der Waals surface area (Å²) in [6, 6.07) is 5.72. The number of thiazole rings is 1. The van der Waals surface area contributed by atoms with E-state index in [1.807, 2.05) is 48.8 Å². The second kappa shape index (κ2) is 6.62. The monoisotopic (exact) mass is 380 g/mol. The van der Waals surface area contributed by atoms with Gasteiger partial charge in [-0.1, -0.05) is 6.07 Å². The minimum Gasteiger partial charge on any atom is -0.343 e. The average molecular weight is 380 g/mol. The van der Waals surface area contributed by atoms with Crippen LogP contribution in [0, 0.1) is 13.8 Å². The van der Waals surface area contributed by atoms with E-state index in [0.29, 0.717) is 18.1 Å². The fraction of sp³-hybridized carbons (Fsp3) is 0.263. The van der Waals surface area contributed by atoms with Crippen LogP contribution >= 0.6 is 11.3 Å². The number of pyridine rings is 1. The van der Waals surface area contributed by atoms with Crippen LogP contribution < -0.4 is 0 Å². The summed E-state index contributed by atoms with van der Waals surface area (Å²) in [5, 5.41) is 3.11. The summed E-state index contributed by atoms with van der Waals surface area (Å²) in [7, 11) is 3.45. The van der Waals surface area contributed by atoms with E-state index >= 15 is 0 Å². The van der Waals surface area contributed by atoms with Crippen LogP contribution in [0.4, 0.5) is 0 Å². The molecule has 0 fully saturated rings. The van der Waals surface area contributed by atoms with Gasteiger partial charge in [-0.2, -0.15) is 0 Å². The Morgan fingerprint density at radius 1 is 1.19 bits per heavy atom. The lowest BCUT2D eigenvalue weighted by molar-refractivity contribution is 0.0824. The first-order valence-electron chi connectivity index (χ1n) is 8.58. The Morgan fingerprint density at radius 2 is 2.00 bits per heavy atom. The van der Waals surface area contributed by atoms with Gasteiger partial charge in [0.15, 0.2) is 11.5 Å². The van der Waals surface area contributed by atoms with E-state index in [-0.39, 0.29) is 5.91 Å². The maximum Gasteiger partial charge on any atom is 0.274 e. The highest BCUT2D eigenvalue weighted by molar-refractivity contribution is 7.09. The molecule has 4 heterocycles. The van der Waals surface area contributed by atoms with Gasteiger partial charge >= 0.3 is 0 Å². The van der Waals surface area contributed by atoms with Crippen molar-refractivity contribution >= 4 is 22.8 Å². The number of aryl methyl sites for hydroxylation is 2. The quantitative estimate of drug-likeness (QED) is 0.546. The number of rotatable bonds is 4. The lowest BCUT2D eigenvalue weighted by atomic mass is 10.3. The maximum absolute atomic E-state index is 12.5. The van der Waals surface area contributed by atoms with E-state index in [1.54, 1.807) is 25.4 Å². The molecule has 1 amide bonds. The van der Waals surface area contributed by atoms with Crippen molar-refractivity contribution in [1.29, 1.82) is 0 Å². The Bertz CT molecular complexity index is 1140. The molecule has 0 bridgehead atoms. The molecular formula is C19H20N6OS. The molecule has 8 heteroatoms. The smallest absolute Gasteiger partial charge is 0.274 e.